The second-order valence-corrected chi connectivity index (χ2v) is 8.29. The molecule has 1 rings (SSSR count). The number of primary amides is 1. The van der Waals surface area contributed by atoms with Crippen LogP contribution in [0.15, 0.2) is 30.3 Å². The third-order valence-electron chi connectivity index (χ3n) is 5.32. The van der Waals surface area contributed by atoms with Crippen LogP contribution >= 0.6 is 0 Å². The maximum absolute atomic E-state index is 12.9. The third-order valence-corrected chi connectivity index (χ3v) is 5.32. The molecule has 0 spiro atoms. The molecule has 4 atom stereocenters. The molecule has 13 nitrogen and oxygen atoms in total. The fourth-order valence-electron chi connectivity index (χ4n) is 3.28. The van der Waals surface area contributed by atoms with Gasteiger partial charge in [-0.1, -0.05) is 30.3 Å². The van der Waals surface area contributed by atoms with Crippen LogP contribution in [0.1, 0.15) is 37.7 Å². The number of nitrogens with one attached hydrogen (secondary N) is 3. The highest BCUT2D eigenvalue weighted by atomic mass is 16.4. The lowest BCUT2D eigenvalue weighted by Gasteiger charge is -2.24. The Kier molecular flexibility index (Phi) is 13.7. The molecule has 13 heteroatoms. The van der Waals surface area contributed by atoms with Crippen LogP contribution in [0, 0.1) is 0 Å². The Morgan fingerprint density at radius 2 is 1.42 bits per heavy atom. The Labute approximate surface area is 209 Å². The van der Waals surface area contributed by atoms with E-state index >= 15 is 0 Å². The summed E-state index contributed by atoms with van der Waals surface area (Å²) < 4.78 is 0. The molecule has 4 amide bonds. The number of nitrogens with two attached hydrogens (primary N) is 3. The first-order valence-corrected chi connectivity index (χ1v) is 11.6. The molecule has 0 aromatic heterocycles. The molecular formula is C23H36N6O7. The number of carboxylic acid groups (broad SMARTS) is 1. The molecule has 4 unspecified atom stereocenters. The minimum absolute atomic E-state index is 0.197. The second kappa shape index (κ2) is 16.2. The number of aliphatic hydroxyl groups is 1. The normalized spacial score (nSPS) is 14.1. The summed E-state index contributed by atoms with van der Waals surface area (Å²) in [5, 5.41) is 25.9. The lowest BCUT2D eigenvalue weighted by atomic mass is 10.0. The fourth-order valence-corrected chi connectivity index (χ4v) is 3.28. The monoisotopic (exact) mass is 508 g/mol. The van der Waals surface area contributed by atoms with Gasteiger partial charge in [-0.25, -0.2) is 4.79 Å². The highest BCUT2D eigenvalue weighted by molar-refractivity contribution is 5.94. The standard InChI is InChI=1S/C23H36N6O7/c24-11-5-4-8-16(27-20(32)15(25)12-14-6-2-1-3-7-14)21(33)29-18(13-30)22(34)28-17(23(35)36)9-10-19(26)31/h1-3,6-7,15-18,30H,4-5,8-13,24-25H2,(H2,26,31)(H,27,32)(H,28,34)(H,29,33)(H,35,36). The Morgan fingerprint density at radius 3 is 1.97 bits per heavy atom. The van der Waals surface area contributed by atoms with E-state index in [0.717, 1.165) is 5.56 Å². The number of benzene rings is 1. The van der Waals surface area contributed by atoms with Crippen molar-refractivity contribution in [3.63, 3.8) is 0 Å². The van der Waals surface area contributed by atoms with E-state index in [-0.39, 0.29) is 25.7 Å². The molecule has 200 valence electrons. The Hall–Kier alpha value is -3.55. The zero-order valence-corrected chi connectivity index (χ0v) is 20.0. The number of aliphatic hydroxyl groups excluding tert-OH is 1. The number of aliphatic carboxylic acids is 1. The largest absolute Gasteiger partial charge is 0.480 e. The van der Waals surface area contributed by atoms with E-state index in [2.05, 4.69) is 16.0 Å². The number of hydrogen-bond donors (Lipinski definition) is 8. The average Bonchev–Trinajstić information content (AvgIpc) is 2.84. The Balaban J connectivity index is 2.84. The zero-order valence-electron chi connectivity index (χ0n) is 20.0. The summed E-state index contributed by atoms with van der Waals surface area (Å²) in [5.41, 5.74) is 17.4. The Morgan fingerprint density at radius 1 is 0.833 bits per heavy atom. The summed E-state index contributed by atoms with van der Waals surface area (Å²) in [7, 11) is 0. The molecule has 0 aliphatic heterocycles. The van der Waals surface area contributed by atoms with Crippen molar-refractivity contribution in [2.24, 2.45) is 17.2 Å². The summed E-state index contributed by atoms with van der Waals surface area (Å²) in [6.45, 7) is -0.462. The highest BCUT2D eigenvalue weighted by Crippen LogP contribution is 2.06. The van der Waals surface area contributed by atoms with Crippen molar-refractivity contribution in [2.75, 3.05) is 13.2 Å². The van der Waals surface area contributed by atoms with E-state index < -0.39 is 60.4 Å². The van der Waals surface area contributed by atoms with Gasteiger partial charge in [-0.15, -0.1) is 0 Å². The molecular weight excluding hydrogens is 472 g/mol. The summed E-state index contributed by atoms with van der Waals surface area (Å²) in [4.78, 5) is 60.4. The van der Waals surface area contributed by atoms with Gasteiger partial charge in [-0.2, -0.15) is 0 Å². The van der Waals surface area contributed by atoms with Gasteiger partial charge in [0.05, 0.1) is 12.6 Å². The molecule has 0 heterocycles. The van der Waals surface area contributed by atoms with Gasteiger partial charge in [0.1, 0.15) is 18.1 Å². The van der Waals surface area contributed by atoms with Crippen LogP contribution in [0.4, 0.5) is 0 Å². The van der Waals surface area contributed by atoms with Gasteiger partial charge >= 0.3 is 5.97 Å². The van der Waals surface area contributed by atoms with E-state index in [9.17, 15) is 34.2 Å². The molecule has 0 fully saturated rings. The van der Waals surface area contributed by atoms with Crippen LogP contribution in [0.2, 0.25) is 0 Å². The molecule has 36 heavy (non-hydrogen) atoms. The van der Waals surface area contributed by atoms with Crippen molar-refractivity contribution in [1.82, 2.24) is 16.0 Å². The summed E-state index contributed by atoms with van der Waals surface area (Å²) in [5.74, 6) is -4.47. The van der Waals surface area contributed by atoms with Gasteiger partial charge in [0, 0.05) is 6.42 Å². The lowest BCUT2D eigenvalue weighted by molar-refractivity contribution is -0.143. The molecule has 0 bridgehead atoms. The molecule has 1 aromatic rings. The number of amides is 4. The van der Waals surface area contributed by atoms with Crippen LogP contribution < -0.4 is 33.2 Å². The number of carboxylic acids is 1. The molecule has 0 saturated carbocycles. The number of rotatable bonds is 17. The van der Waals surface area contributed by atoms with Gasteiger partial charge in [0.25, 0.3) is 0 Å². The van der Waals surface area contributed by atoms with Crippen LogP contribution in [0.25, 0.3) is 0 Å². The van der Waals surface area contributed by atoms with Gasteiger partial charge < -0.3 is 43.4 Å². The molecule has 0 saturated heterocycles. The fraction of sp³-hybridized carbons (Fsp3) is 0.522. The van der Waals surface area contributed by atoms with Crippen LogP contribution in [-0.4, -0.2) is 77.1 Å². The van der Waals surface area contributed by atoms with E-state index in [1.807, 2.05) is 30.3 Å². The maximum atomic E-state index is 12.9. The predicted octanol–water partition coefficient (Wildman–Crippen LogP) is -2.52. The van der Waals surface area contributed by atoms with E-state index in [4.69, 9.17) is 17.2 Å². The minimum Gasteiger partial charge on any atom is -0.480 e. The Bertz CT molecular complexity index is 883. The van der Waals surface area contributed by atoms with Gasteiger partial charge in [-0.05, 0) is 44.2 Å². The first-order valence-electron chi connectivity index (χ1n) is 11.6. The number of unbranched alkanes of at least 4 members (excludes halogenated alkanes) is 1. The van der Waals surface area contributed by atoms with Gasteiger partial charge in [0.15, 0.2) is 0 Å². The van der Waals surface area contributed by atoms with Crippen molar-refractivity contribution in [1.29, 1.82) is 0 Å². The predicted molar refractivity (Wildman–Crippen MR) is 130 cm³/mol. The SMILES string of the molecule is NCCCCC(NC(=O)C(N)Cc1ccccc1)C(=O)NC(CO)C(=O)NC(CCC(N)=O)C(=O)O. The van der Waals surface area contributed by atoms with Crippen LogP contribution in [0.5, 0.6) is 0 Å². The summed E-state index contributed by atoms with van der Waals surface area (Å²) in [6.07, 6.45) is 0.967. The van der Waals surface area contributed by atoms with Crippen molar-refractivity contribution < 1.29 is 34.2 Å². The second-order valence-electron chi connectivity index (χ2n) is 8.29. The van der Waals surface area contributed by atoms with Crippen molar-refractivity contribution in [2.45, 2.75) is 62.7 Å². The van der Waals surface area contributed by atoms with Crippen molar-refractivity contribution >= 4 is 29.6 Å². The molecule has 0 radical (unpaired) electrons. The first kappa shape index (κ1) is 30.5. The third kappa shape index (κ3) is 11.3. The van der Waals surface area contributed by atoms with Crippen LogP contribution in [0.3, 0.4) is 0 Å². The smallest absolute Gasteiger partial charge is 0.326 e. The average molecular weight is 509 g/mol. The number of hydrogen-bond acceptors (Lipinski definition) is 8. The topological polar surface area (TPSA) is 240 Å². The molecule has 0 aliphatic rings. The summed E-state index contributed by atoms with van der Waals surface area (Å²) >= 11 is 0. The van der Waals surface area contributed by atoms with Crippen molar-refractivity contribution in [3.8, 4) is 0 Å². The van der Waals surface area contributed by atoms with E-state index in [1.165, 1.54) is 0 Å². The molecule has 1 aromatic carbocycles. The summed E-state index contributed by atoms with van der Waals surface area (Å²) in [6, 6.07) is 4.13. The number of carbonyl (C=O) groups excluding carboxylic acids is 4. The van der Waals surface area contributed by atoms with Gasteiger partial charge in [0.2, 0.25) is 23.6 Å². The maximum Gasteiger partial charge on any atom is 0.326 e. The highest BCUT2D eigenvalue weighted by Gasteiger charge is 2.30. The number of carbonyl (C=O) groups is 5. The van der Waals surface area contributed by atoms with Crippen LogP contribution in [-0.2, 0) is 30.4 Å². The molecule has 0 aliphatic carbocycles. The lowest BCUT2D eigenvalue weighted by Crippen LogP contribution is -2.58. The van der Waals surface area contributed by atoms with E-state index in [1.54, 1.807) is 0 Å². The zero-order chi connectivity index (χ0) is 27.1. The minimum atomic E-state index is -1.50. The first-order chi connectivity index (χ1) is 17.1. The van der Waals surface area contributed by atoms with Gasteiger partial charge in [-0.3, -0.25) is 19.2 Å². The van der Waals surface area contributed by atoms with Crippen molar-refractivity contribution in [3.05, 3.63) is 35.9 Å². The quantitative estimate of drug-likeness (QED) is 0.103. The molecule has 11 N–H and O–H groups in total. The van der Waals surface area contributed by atoms with E-state index in [0.29, 0.717) is 19.4 Å².